The molecule has 4 rings (SSSR count). The van der Waals surface area contributed by atoms with E-state index in [-0.39, 0.29) is 28.3 Å². The zero-order valence-electron chi connectivity index (χ0n) is 22.4. The molecule has 0 saturated heterocycles. The second kappa shape index (κ2) is 10.9. The van der Waals surface area contributed by atoms with Gasteiger partial charge in [-0.3, -0.25) is 24.6 Å². The van der Waals surface area contributed by atoms with Crippen molar-refractivity contribution in [2.45, 2.75) is 33.1 Å². The summed E-state index contributed by atoms with van der Waals surface area (Å²) in [6, 6.07) is 15.3. The molecular formula is C29H30N6O4. The molecule has 2 heterocycles. The highest BCUT2D eigenvalue weighted by Gasteiger charge is 2.17. The third kappa shape index (κ3) is 6.02. The molecule has 2 aromatic carbocycles. The number of rotatable bonds is 6. The quantitative estimate of drug-likeness (QED) is 0.213. The summed E-state index contributed by atoms with van der Waals surface area (Å²) in [4.78, 5) is 46.3. The summed E-state index contributed by atoms with van der Waals surface area (Å²) in [5.41, 5.74) is 5.91. The molecule has 0 aliphatic heterocycles. The van der Waals surface area contributed by atoms with Crippen molar-refractivity contribution in [3.05, 3.63) is 99.7 Å². The van der Waals surface area contributed by atoms with Crippen LogP contribution in [0.25, 0.3) is 11.3 Å². The van der Waals surface area contributed by atoms with E-state index < -0.39 is 5.91 Å². The van der Waals surface area contributed by atoms with Crippen LogP contribution in [-0.4, -0.2) is 31.6 Å². The minimum absolute atomic E-state index is 0.0909. The zero-order valence-corrected chi connectivity index (χ0v) is 22.4. The topological polar surface area (TPSA) is 138 Å². The normalized spacial score (nSPS) is 11.1. The van der Waals surface area contributed by atoms with Crippen LogP contribution in [0.3, 0.4) is 0 Å². The molecule has 4 aromatic rings. The number of nitrogens with one attached hydrogen (secondary N) is 3. The standard InChI is InChI=1S/C29H30N6O4/c1-17-21(7-6-8-22(17)33-26(36)19-11-14-24(30-15-19)29(2,3)4)23-16-35(5)28(38)25(32-23)31-20-12-9-18(10-13-20)27(37)34-39/h6-16,39H,1-5H3,(H,31,32)(H,33,36)(H,34,37). The van der Waals surface area contributed by atoms with E-state index in [9.17, 15) is 14.4 Å². The first-order valence-electron chi connectivity index (χ1n) is 12.2. The van der Waals surface area contributed by atoms with Crippen LogP contribution in [0.2, 0.25) is 0 Å². The predicted octanol–water partition coefficient (Wildman–Crippen LogP) is 4.56. The van der Waals surface area contributed by atoms with E-state index in [1.54, 1.807) is 49.2 Å². The van der Waals surface area contributed by atoms with Crippen molar-refractivity contribution in [3.63, 3.8) is 0 Å². The molecule has 0 aliphatic carbocycles. The minimum atomic E-state index is -0.641. The third-order valence-electron chi connectivity index (χ3n) is 6.23. The summed E-state index contributed by atoms with van der Waals surface area (Å²) >= 11 is 0. The van der Waals surface area contributed by atoms with Crippen molar-refractivity contribution >= 4 is 29.0 Å². The Balaban J connectivity index is 1.60. The van der Waals surface area contributed by atoms with Crippen LogP contribution in [0.4, 0.5) is 17.2 Å². The average molecular weight is 527 g/mol. The number of nitrogens with zero attached hydrogens (tertiary/aromatic N) is 3. The van der Waals surface area contributed by atoms with Crippen LogP contribution in [0.1, 0.15) is 52.7 Å². The molecule has 10 heteroatoms. The van der Waals surface area contributed by atoms with Gasteiger partial charge in [0.05, 0.1) is 11.3 Å². The second-order valence-corrected chi connectivity index (χ2v) is 10.1. The van der Waals surface area contributed by atoms with Gasteiger partial charge in [-0.05, 0) is 55.0 Å². The van der Waals surface area contributed by atoms with Gasteiger partial charge in [0.2, 0.25) is 0 Å². The van der Waals surface area contributed by atoms with Crippen molar-refractivity contribution < 1.29 is 14.8 Å². The molecular weight excluding hydrogens is 496 g/mol. The van der Waals surface area contributed by atoms with E-state index in [1.807, 2.05) is 25.1 Å². The highest BCUT2D eigenvalue weighted by molar-refractivity contribution is 6.04. The lowest BCUT2D eigenvalue weighted by atomic mass is 9.91. The van der Waals surface area contributed by atoms with Gasteiger partial charge in [0.1, 0.15) is 0 Å². The van der Waals surface area contributed by atoms with Gasteiger partial charge in [-0.1, -0.05) is 32.9 Å². The number of anilines is 3. The lowest BCUT2D eigenvalue weighted by Gasteiger charge is -2.18. The number of pyridine rings is 1. The van der Waals surface area contributed by atoms with E-state index in [4.69, 9.17) is 5.21 Å². The van der Waals surface area contributed by atoms with Crippen molar-refractivity contribution in [1.29, 1.82) is 0 Å². The van der Waals surface area contributed by atoms with E-state index in [1.165, 1.54) is 16.7 Å². The average Bonchev–Trinajstić information content (AvgIpc) is 2.92. The number of aryl methyl sites for hydroxylation is 1. The summed E-state index contributed by atoms with van der Waals surface area (Å²) in [7, 11) is 1.63. The Hall–Kier alpha value is -4.83. The van der Waals surface area contributed by atoms with Gasteiger partial charge in [-0.2, -0.15) is 0 Å². The van der Waals surface area contributed by atoms with Gasteiger partial charge < -0.3 is 15.2 Å². The van der Waals surface area contributed by atoms with E-state index in [0.717, 1.165) is 16.8 Å². The monoisotopic (exact) mass is 526 g/mol. The maximum Gasteiger partial charge on any atom is 0.293 e. The van der Waals surface area contributed by atoms with E-state index in [2.05, 4.69) is 41.4 Å². The van der Waals surface area contributed by atoms with Crippen molar-refractivity contribution in [1.82, 2.24) is 20.0 Å². The molecule has 0 saturated carbocycles. The van der Waals surface area contributed by atoms with Gasteiger partial charge in [-0.25, -0.2) is 10.5 Å². The number of hydrogen-bond donors (Lipinski definition) is 4. The Morgan fingerprint density at radius 3 is 2.26 bits per heavy atom. The van der Waals surface area contributed by atoms with Gasteiger partial charge in [0.25, 0.3) is 17.4 Å². The number of hydroxylamine groups is 1. The number of benzene rings is 2. The van der Waals surface area contributed by atoms with Crippen LogP contribution < -0.4 is 21.7 Å². The molecule has 0 radical (unpaired) electrons. The predicted molar refractivity (Wildman–Crippen MR) is 150 cm³/mol. The Bertz CT molecular complexity index is 1590. The maximum atomic E-state index is 13.0. The first kappa shape index (κ1) is 27.2. The highest BCUT2D eigenvalue weighted by atomic mass is 16.5. The lowest BCUT2D eigenvalue weighted by molar-refractivity contribution is 0.0706. The van der Waals surface area contributed by atoms with E-state index >= 15 is 0 Å². The van der Waals surface area contributed by atoms with Crippen LogP contribution in [0, 0.1) is 6.92 Å². The van der Waals surface area contributed by atoms with Crippen molar-refractivity contribution in [2.75, 3.05) is 10.6 Å². The minimum Gasteiger partial charge on any atom is -0.336 e. The molecule has 10 nitrogen and oxygen atoms in total. The largest absolute Gasteiger partial charge is 0.336 e. The molecule has 0 aliphatic rings. The molecule has 0 fully saturated rings. The fourth-order valence-electron chi connectivity index (χ4n) is 3.94. The third-order valence-corrected chi connectivity index (χ3v) is 6.23. The van der Waals surface area contributed by atoms with Crippen molar-refractivity contribution in [2.24, 2.45) is 7.05 Å². The number of aromatic nitrogens is 3. The first-order chi connectivity index (χ1) is 18.5. The molecule has 0 atom stereocenters. The van der Waals surface area contributed by atoms with Crippen LogP contribution in [0.5, 0.6) is 0 Å². The molecule has 4 N–H and O–H groups in total. The molecule has 200 valence electrons. The fourth-order valence-corrected chi connectivity index (χ4v) is 3.94. The highest BCUT2D eigenvalue weighted by Crippen LogP contribution is 2.28. The van der Waals surface area contributed by atoms with Crippen molar-refractivity contribution in [3.8, 4) is 11.3 Å². The van der Waals surface area contributed by atoms with Gasteiger partial charge >= 0.3 is 0 Å². The molecule has 0 spiro atoms. The molecule has 0 unspecified atom stereocenters. The van der Waals surface area contributed by atoms with Crippen LogP contribution in [0.15, 0.2) is 71.8 Å². The van der Waals surface area contributed by atoms with Gasteiger partial charge in [0, 0.05) is 53.1 Å². The Kier molecular flexibility index (Phi) is 7.59. The number of hydrogen-bond acceptors (Lipinski definition) is 7. The molecule has 2 amide bonds. The van der Waals surface area contributed by atoms with Crippen LogP contribution in [-0.2, 0) is 12.5 Å². The Morgan fingerprint density at radius 1 is 0.949 bits per heavy atom. The smallest absolute Gasteiger partial charge is 0.293 e. The van der Waals surface area contributed by atoms with Gasteiger partial charge in [0.15, 0.2) is 5.82 Å². The molecule has 2 aromatic heterocycles. The molecule has 0 bridgehead atoms. The summed E-state index contributed by atoms with van der Waals surface area (Å²) in [5.74, 6) is -0.830. The number of amides is 2. The van der Waals surface area contributed by atoms with E-state index in [0.29, 0.717) is 22.6 Å². The summed E-state index contributed by atoms with van der Waals surface area (Å²) in [5, 5.41) is 14.7. The van der Waals surface area contributed by atoms with Crippen LogP contribution >= 0.6 is 0 Å². The lowest BCUT2D eigenvalue weighted by Crippen LogP contribution is -2.22. The van der Waals surface area contributed by atoms with Gasteiger partial charge in [-0.15, -0.1) is 0 Å². The maximum absolute atomic E-state index is 13.0. The Labute approximate surface area is 225 Å². The first-order valence-corrected chi connectivity index (χ1v) is 12.2. The summed E-state index contributed by atoms with van der Waals surface area (Å²) in [6.07, 6.45) is 3.20. The zero-order chi connectivity index (χ0) is 28.3. The molecule has 39 heavy (non-hydrogen) atoms. The Morgan fingerprint density at radius 2 is 1.64 bits per heavy atom. The summed E-state index contributed by atoms with van der Waals surface area (Å²) < 4.78 is 1.42. The number of carbonyl (C=O) groups excluding carboxylic acids is 2. The summed E-state index contributed by atoms with van der Waals surface area (Å²) in [6.45, 7) is 8.06. The SMILES string of the molecule is Cc1c(NC(=O)c2ccc(C(C)(C)C)nc2)cccc1-c1cn(C)c(=O)c(Nc2ccc(C(=O)NO)cc2)n1. The number of carbonyl (C=O) groups is 2. The second-order valence-electron chi connectivity index (χ2n) is 10.1. The fraction of sp³-hybridized carbons (Fsp3) is 0.207.